The molecule has 0 spiro atoms. The van der Waals surface area contributed by atoms with E-state index < -0.39 is 81.8 Å². The molecule has 0 aromatic rings. The van der Waals surface area contributed by atoms with Crippen LogP contribution in [0.1, 0.15) is 149 Å². The minimum atomic E-state index is -5.16. The molecule has 0 amide bonds. The van der Waals surface area contributed by atoms with E-state index in [-0.39, 0.29) is 12.8 Å². The van der Waals surface area contributed by atoms with Crippen molar-refractivity contribution >= 4 is 19.8 Å². The van der Waals surface area contributed by atoms with Gasteiger partial charge >= 0.3 is 19.8 Å². The van der Waals surface area contributed by atoms with Crippen molar-refractivity contribution < 1.29 is 68.2 Å². The van der Waals surface area contributed by atoms with Crippen molar-refractivity contribution in [2.24, 2.45) is 0 Å². The molecule has 14 nitrogen and oxygen atoms in total. The van der Waals surface area contributed by atoms with Gasteiger partial charge < -0.3 is 45.0 Å². The molecule has 1 rings (SSSR count). The molecule has 1 aliphatic rings. The van der Waals surface area contributed by atoms with Crippen LogP contribution in [-0.4, -0.2) is 110 Å². The number of unbranched alkanes of at least 4 members (excludes halogenated alkanes) is 10. The lowest BCUT2D eigenvalue weighted by Crippen LogP contribution is -2.64. The Labute approximate surface area is 394 Å². The molecule has 1 saturated carbocycles. The van der Waals surface area contributed by atoms with Crippen molar-refractivity contribution in [3.8, 4) is 0 Å². The molecule has 0 radical (unpaired) electrons. The first kappa shape index (κ1) is 60.7. The minimum Gasteiger partial charge on any atom is -0.462 e. The number of aliphatic hydroxyl groups is 6. The number of carbonyl (C=O) groups is 2. The lowest BCUT2D eigenvalue weighted by molar-refractivity contribution is -0.220. The smallest absolute Gasteiger partial charge is 0.462 e. The van der Waals surface area contributed by atoms with Crippen molar-refractivity contribution in [1.82, 2.24) is 0 Å². The van der Waals surface area contributed by atoms with E-state index in [9.17, 15) is 49.7 Å². The Morgan fingerprint density at radius 2 is 1.06 bits per heavy atom. The molecular weight excluding hydrogens is 868 g/mol. The quantitative estimate of drug-likeness (QED) is 0.0101. The molecule has 0 aromatic carbocycles. The number of hydrogen-bond acceptors (Lipinski definition) is 13. The van der Waals surface area contributed by atoms with Crippen LogP contribution in [0.25, 0.3) is 0 Å². The predicted octanol–water partition coefficient (Wildman–Crippen LogP) is 8.80. The average Bonchev–Trinajstić information content (AvgIpc) is 3.29. The second-order valence-electron chi connectivity index (χ2n) is 16.4. The van der Waals surface area contributed by atoms with Gasteiger partial charge in [0.05, 0.1) is 12.7 Å². The number of phosphoric ester groups is 1. The zero-order chi connectivity index (χ0) is 48.7. The van der Waals surface area contributed by atoms with Crippen molar-refractivity contribution in [3.05, 3.63) is 97.2 Å². The van der Waals surface area contributed by atoms with Crippen LogP contribution in [0, 0.1) is 0 Å². The summed E-state index contributed by atoms with van der Waals surface area (Å²) in [4.78, 5) is 35.8. The Morgan fingerprint density at radius 3 is 1.68 bits per heavy atom. The number of hydrogen-bond donors (Lipinski definition) is 7. The Kier molecular flexibility index (Phi) is 36.5. The van der Waals surface area contributed by atoms with Crippen LogP contribution in [0.15, 0.2) is 97.2 Å². The molecule has 0 bridgehead atoms. The van der Waals surface area contributed by atoms with Gasteiger partial charge in [0, 0.05) is 12.8 Å². The van der Waals surface area contributed by atoms with Crippen LogP contribution < -0.4 is 0 Å². The van der Waals surface area contributed by atoms with E-state index in [1.54, 1.807) is 6.08 Å². The molecular formula is C51H83O14P. The van der Waals surface area contributed by atoms with Gasteiger partial charge in [-0.3, -0.25) is 18.6 Å². The maximum absolute atomic E-state index is 12.8. The van der Waals surface area contributed by atoms with E-state index in [4.69, 9.17) is 18.5 Å². The predicted molar refractivity (Wildman–Crippen MR) is 259 cm³/mol. The lowest BCUT2D eigenvalue weighted by Gasteiger charge is -2.41. The van der Waals surface area contributed by atoms with Crippen LogP contribution in [0.3, 0.4) is 0 Å². The second-order valence-corrected chi connectivity index (χ2v) is 17.8. The molecule has 3 unspecified atom stereocenters. The fourth-order valence-corrected chi connectivity index (χ4v) is 7.56. The molecule has 1 fully saturated rings. The SMILES string of the molecule is CC/C=C\C/C=C\C/C=C\C/C=C\CCCCCCCCC(=O)O[C@H](COC(=O)CCC/C=C\C/C=C\C=C\[C@H](O)C/C=C\CCCCC)COP(=O)(O)OC1[C@H](O)[C@H](O)C(O)[C@H](O)[C@H]1O. The van der Waals surface area contributed by atoms with Gasteiger partial charge in [-0.2, -0.15) is 0 Å². The Morgan fingerprint density at radius 1 is 0.561 bits per heavy atom. The maximum Gasteiger partial charge on any atom is 0.472 e. The molecule has 0 aliphatic heterocycles. The highest BCUT2D eigenvalue weighted by atomic mass is 31.2. The molecule has 0 saturated heterocycles. The highest BCUT2D eigenvalue weighted by Crippen LogP contribution is 2.47. The fraction of sp³-hybridized carbons (Fsp3) is 0.647. The number of rotatable bonds is 38. The van der Waals surface area contributed by atoms with E-state index in [1.807, 2.05) is 36.5 Å². The first-order valence-corrected chi connectivity index (χ1v) is 25.6. The highest BCUT2D eigenvalue weighted by molar-refractivity contribution is 7.47. The Balaban J connectivity index is 2.52. The number of phosphoric acid groups is 1. The zero-order valence-corrected chi connectivity index (χ0v) is 40.4. The van der Waals surface area contributed by atoms with E-state index in [0.717, 1.165) is 70.6 Å². The molecule has 15 heteroatoms. The van der Waals surface area contributed by atoms with Gasteiger partial charge in [0.25, 0.3) is 0 Å². The van der Waals surface area contributed by atoms with Gasteiger partial charge in [-0.1, -0.05) is 150 Å². The van der Waals surface area contributed by atoms with Crippen molar-refractivity contribution in [1.29, 1.82) is 0 Å². The van der Waals surface area contributed by atoms with Gasteiger partial charge in [-0.25, -0.2) is 4.57 Å². The normalized spacial score (nSPS) is 22.6. The van der Waals surface area contributed by atoms with Gasteiger partial charge in [0.2, 0.25) is 0 Å². The van der Waals surface area contributed by atoms with Crippen molar-refractivity contribution in [2.75, 3.05) is 13.2 Å². The van der Waals surface area contributed by atoms with E-state index in [0.29, 0.717) is 32.1 Å². The van der Waals surface area contributed by atoms with Gasteiger partial charge in [0.15, 0.2) is 6.10 Å². The first-order chi connectivity index (χ1) is 31.8. The summed E-state index contributed by atoms with van der Waals surface area (Å²) < 4.78 is 33.5. The number of carbonyl (C=O) groups excluding carboxylic acids is 2. The van der Waals surface area contributed by atoms with Crippen LogP contribution >= 0.6 is 7.82 Å². The largest absolute Gasteiger partial charge is 0.472 e. The van der Waals surface area contributed by atoms with E-state index >= 15 is 0 Å². The first-order valence-electron chi connectivity index (χ1n) is 24.1. The lowest BCUT2D eigenvalue weighted by atomic mass is 9.85. The summed E-state index contributed by atoms with van der Waals surface area (Å²) in [6.07, 6.45) is 36.2. The minimum absolute atomic E-state index is 0.0500. The summed E-state index contributed by atoms with van der Waals surface area (Å²) in [6, 6.07) is 0. The number of allylic oxidation sites excluding steroid dienone is 14. The third-order valence-corrected chi connectivity index (χ3v) is 11.5. The van der Waals surface area contributed by atoms with Crippen LogP contribution in [0.4, 0.5) is 0 Å². The third kappa shape index (κ3) is 31.7. The molecule has 9 atom stereocenters. The summed E-state index contributed by atoms with van der Waals surface area (Å²) in [5, 5.41) is 60.3. The number of aliphatic hydroxyl groups excluding tert-OH is 6. The summed E-state index contributed by atoms with van der Waals surface area (Å²) in [5.74, 6) is -1.23. The summed E-state index contributed by atoms with van der Waals surface area (Å²) in [7, 11) is -5.16. The molecule has 376 valence electrons. The van der Waals surface area contributed by atoms with Crippen LogP contribution in [0.5, 0.6) is 0 Å². The summed E-state index contributed by atoms with van der Waals surface area (Å²) in [5.41, 5.74) is 0. The van der Waals surface area contributed by atoms with Gasteiger partial charge in [0.1, 0.15) is 43.2 Å². The maximum atomic E-state index is 12.8. The van der Waals surface area contributed by atoms with Crippen molar-refractivity contribution in [2.45, 2.75) is 198 Å². The number of ether oxygens (including phenoxy) is 2. The fourth-order valence-electron chi connectivity index (χ4n) is 6.59. The third-order valence-electron chi connectivity index (χ3n) is 10.5. The topological polar surface area (TPSA) is 230 Å². The Hall–Kier alpha value is -3.27. The van der Waals surface area contributed by atoms with Crippen molar-refractivity contribution in [3.63, 3.8) is 0 Å². The number of esters is 2. The zero-order valence-electron chi connectivity index (χ0n) is 39.6. The van der Waals surface area contributed by atoms with Gasteiger partial charge in [-0.15, -0.1) is 0 Å². The highest BCUT2D eigenvalue weighted by Gasteiger charge is 2.51. The standard InChI is InChI=1S/C51H83O14P/c1-3-5-7-9-11-12-13-14-15-16-17-18-19-20-21-22-27-31-35-39-45(54)64-43(41-63-66(60,61)65-51-49(58)47(56)46(55)48(57)50(51)59)40-62-44(53)38-34-30-26-24-23-25-29-33-37-42(52)36-32-28-10-8-6-4-2/h5,7,11-12,14-15,17-18,24-26,28-29,32-33,37,42-43,46-52,55-59H,3-4,6,8-10,13,16,19-23,27,30-31,34-36,38-41H2,1-2H3,(H,60,61)/b7-5-,12-11-,15-14-,18-17-,26-24-,29-25-,32-28-,37-33+/t42-,43-,46?,47-,48+,49-,50-,51?/m1/s1. The molecule has 66 heavy (non-hydrogen) atoms. The average molecular weight is 951 g/mol. The van der Waals surface area contributed by atoms with Crippen LogP contribution in [0.2, 0.25) is 0 Å². The second kappa shape index (κ2) is 39.7. The van der Waals surface area contributed by atoms with E-state index in [2.05, 4.69) is 68.5 Å². The summed E-state index contributed by atoms with van der Waals surface area (Å²) >= 11 is 0. The summed E-state index contributed by atoms with van der Waals surface area (Å²) in [6.45, 7) is 3.02. The molecule has 0 aromatic heterocycles. The van der Waals surface area contributed by atoms with Crippen LogP contribution in [-0.2, 0) is 32.7 Å². The molecule has 0 heterocycles. The molecule has 1 aliphatic carbocycles. The molecule has 7 N–H and O–H groups in total. The Bertz CT molecular complexity index is 1540. The van der Waals surface area contributed by atoms with Gasteiger partial charge in [-0.05, 0) is 83.5 Å². The monoisotopic (exact) mass is 951 g/mol. The van der Waals surface area contributed by atoms with E-state index in [1.165, 1.54) is 19.3 Å².